The lowest BCUT2D eigenvalue weighted by Crippen LogP contribution is -2.19. The fourth-order valence-electron chi connectivity index (χ4n) is 2.27. The predicted molar refractivity (Wildman–Crippen MR) is 97.1 cm³/mol. The van der Waals surface area contributed by atoms with Crippen molar-refractivity contribution >= 4 is 17.3 Å². The first kappa shape index (κ1) is 18.9. The van der Waals surface area contributed by atoms with Gasteiger partial charge in [0.05, 0.1) is 24.9 Å². The Morgan fingerprint density at radius 2 is 1.73 bits per heavy atom. The van der Waals surface area contributed by atoms with Crippen LogP contribution in [0.2, 0.25) is 0 Å². The molecule has 0 saturated heterocycles. The number of nitro groups is 1. The molecule has 1 amide bonds. The van der Waals surface area contributed by atoms with Crippen LogP contribution in [-0.4, -0.2) is 30.8 Å². The SMILES string of the molecule is COc1ccc(C(=O)N/N=C(\C)c2ccc(C)c([N+](=O)[O-])c2)cc1OC. The molecule has 0 radical (unpaired) electrons. The van der Waals surface area contributed by atoms with Crippen molar-refractivity contribution in [3.05, 3.63) is 63.2 Å². The minimum atomic E-state index is -0.450. The molecule has 0 aliphatic heterocycles. The van der Waals surface area contributed by atoms with E-state index in [1.807, 2.05) is 0 Å². The Hall–Kier alpha value is -3.42. The van der Waals surface area contributed by atoms with Crippen LogP contribution >= 0.6 is 0 Å². The van der Waals surface area contributed by atoms with E-state index in [1.54, 1.807) is 38.1 Å². The zero-order valence-corrected chi connectivity index (χ0v) is 14.9. The van der Waals surface area contributed by atoms with Gasteiger partial charge in [-0.15, -0.1) is 0 Å². The first-order valence-electron chi connectivity index (χ1n) is 7.69. The van der Waals surface area contributed by atoms with Crippen LogP contribution in [0, 0.1) is 17.0 Å². The molecule has 0 aromatic heterocycles. The Morgan fingerprint density at radius 3 is 2.35 bits per heavy atom. The van der Waals surface area contributed by atoms with Crippen LogP contribution in [-0.2, 0) is 0 Å². The van der Waals surface area contributed by atoms with E-state index in [-0.39, 0.29) is 5.69 Å². The Balaban J connectivity index is 2.20. The Kier molecular flexibility index (Phi) is 5.90. The van der Waals surface area contributed by atoms with Crippen LogP contribution in [0.3, 0.4) is 0 Å². The first-order chi connectivity index (χ1) is 12.4. The maximum absolute atomic E-state index is 12.3. The molecule has 2 aromatic carbocycles. The number of aryl methyl sites for hydroxylation is 1. The average Bonchev–Trinajstić information content (AvgIpc) is 2.65. The summed E-state index contributed by atoms with van der Waals surface area (Å²) < 4.78 is 10.3. The molecule has 2 aromatic rings. The summed E-state index contributed by atoms with van der Waals surface area (Å²) in [6.07, 6.45) is 0. The van der Waals surface area contributed by atoms with Gasteiger partial charge in [0, 0.05) is 22.8 Å². The second-order valence-electron chi connectivity index (χ2n) is 5.47. The van der Waals surface area contributed by atoms with Gasteiger partial charge >= 0.3 is 0 Å². The molecule has 8 nitrogen and oxygen atoms in total. The van der Waals surface area contributed by atoms with Crippen LogP contribution in [0.15, 0.2) is 41.5 Å². The molecule has 1 N–H and O–H groups in total. The normalized spacial score (nSPS) is 11.0. The second-order valence-corrected chi connectivity index (χ2v) is 5.47. The minimum Gasteiger partial charge on any atom is -0.493 e. The number of rotatable bonds is 6. The summed E-state index contributed by atoms with van der Waals surface area (Å²) in [5.74, 6) is 0.498. The highest BCUT2D eigenvalue weighted by Crippen LogP contribution is 2.27. The topological polar surface area (TPSA) is 103 Å². The van der Waals surface area contributed by atoms with Gasteiger partial charge in [0.15, 0.2) is 11.5 Å². The number of benzene rings is 2. The number of carbonyl (C=O) groups excluding carboxylic acids is 1. The number of hydrazone groups is 1. The molecule has 0 bridgehead atoms. The lowest BCUT2D eigenvalue weighted by molar-refractivity contribution is -0.385. The van der Waals surface area contributed by atoms with Crippen LogP contribution in [0.5, 0.6) is 11.5 Å². The van der Waals surface area contributed by atoms with Gasteiger partial charge in [0.25, 0.3) is 11.6 Å². The lowest BCUT2D eigenvalue weighted by Gasteiger charge is -2.09. The Labute approximate surface area is 150 Å². The number of amides is 1. The number of hydrogen-bond donors (Lipinski definition) is 1. The summed E-state index contributed by atoms with van der Waals surface area (Å²) in [4.78, 5) is 22.8. The first-order valence-corrected chi connectivity index (χ1v) is 7.69. The molecule has 0 aliphatic rings. The van der Waals surface area contributed by atoms with E-state index in [9.17, 15) is 14.9 Å². The van der Waals surface area contributed by atoms with Crippen molar-refractivity contribution in [2.45, 2.75) is 13.8 Å². The zero-order valence-electron chi connectivity index (χ0n) is 14.9. The highest BCUT2D eigenvalue weighted by atomic mass is 16.6. The highest BCUT2D eigenvalue weighted by molar-refractivity contribution is 6.01. The van der Waals surface area contributed by atoms with Crippen LogP contribution < -0.4 is 14.9 Å². The average molecular weight is 357 g/mol. The van der Waals surface area contributed by atoms with E-state index >= 15 is 0 Å². The number of ether oxygens (including phenoxy) is 2. The van der Waals surface area contributed by atoms with Crippen molar-refractivity contribution in [3.8, 4) is 11.5 Å². The number of nitrogens with zero attached hydrogens (tertiary/aromatic N) is 2. The van der Waals surface area contributed by atoms with Crippen molar-refractivity contribution in [1.29, 1.82) is 0 Å². The van der Waals surface area contributed by atoms with E-state index in [4.69, 9.17) is 9.47 Å². The van der Waals surface area contributed by atoms with E-state index < -0.39 is 10.8 Å². The van der Waals surface area contributed by atoms with Crippen molar-refractivity contribution in [1.82, 2.24) is 5.43 Å². The second kappa shape index (κ2) is 8.11. The molecular formula is C18H19N3O5. The quantitative estimate of drug-likeness (QED) is 0.486. The Bertz CT molecular complexity index is 877. The molecule has 0 unspecified atom stereocenters. The van der Waals surface area contributed by atoms with Crippen molar-refractivity contribution in [2.75, 3.05) is 14.2 Å². The maximum Gasteiger partial charge on any atom is 0.272 e. The van der Waals surface area contributed by atoms with Gasteiger partial charge in [-0.25, -0.2) is 5.43 Å². The van der Waals surface area contributed by atoms with E-state index in [2.05, 4.69) is 10.5 Å². The third-order valence-corrected chi connectivity index (χ3v) is 3.79. The van der Waals surface area contributed by atoms with Gasteiger partial charge in [-0.05, 0) is 32.0 Å². The lowest BCUT2D eigenvalue weighted by atomic mass is 10.1. The molecule has 26 heavy (non-hydrogen) atoms. The highest BCUT2D eigenvalue weighted by Gasteiger charge is 2.13. The van der Waals surface area contributed by atoms with Gasteiger partial charge in [-0.3, -0.25) is 14.9 Å². The third-order valence-electron chi connectivity index (χ3n) is 3.79. The van der Waals surface area contributed by atoms with Gasteiger partial charge in [-0.1, -0.05) is 12.1 Å². The molecule has 0 saturated carbocycles. The maximum atomic E-state index is 12.3. The minimum absolute atomic E-state index is 0.00303. The van der Waals surface area contributed by atoms with Crippen molar-refractivity contribution in [2.24, 2.45) is 5.10 Å². The van der Waals surface area contributed by atoms with Crippen LogP contribution in [0.4, 0.5) is 5.69 Å². The summed E-state index contributed by atoms with van der Waals surface area (Å²) in [6.45, 7) is 3.32. The summed E-state index contributed by atoms with van der Waals surface area (Å²) in [5.41, 5.74) is 4.33. The van der Waals surface area contributed by atoms with E-state index in [0.29, 0.717) is 33.9 Å². The molecule has 0 heterocycles. The van der Waals surface area contributed by atoms with Gasteiger partial charge in [-0.2, -0.15) is 5.10 Å². The fourth-order valence-corrected chi connectivity index (χ4v) is 2.27. The number of nitrogens with one attached hydrogen (secondary N) is 1. The predicted octanol–water partition coefficient (Wildman–Crippen LogP) is 3.07. The summed E-state index contributed by atoms with van der Waals surface area (Å²) in [5, 5.41) is 15.1. The van der Waals surface area contributed by atoms with Crippen LogP contribution in [0.1, 0.15) is 28.4 Å². The number of nitro benzene ring substituents is 1. The third kappa shape index (κ3) is 4.15. The zero-order chi connectivity index (χ0) is 19.3. The summed E-state index contributed by atoms with van der Waals surface area (Å²) in [7, 11) is 2.98. The van der Waals surface area contributed by atoms with Gasteiger partial charge in [0.2, 0.25) is 0 Å². The summed E-state index contributed by atoms with van der Waals surface area (Å²) >= 11 is 0. The number of hydrogen-bond acceptors (Lipinski definition) is 6. The molecule has 0 fully saturated rings. The van der Waals surface area contributed by atoms with E-state index in [1.165, 1.54) is 26.4 Å². The molecule has 2 rings (SSSR count). The largest absolute Gasteiger partial charge is 0.493 e. The van der Waals surface area contributed by atoms with E-state index in [0.717, 1.165) is 0 Å². The standard InChI is InChI=1S/C18H19N3O5/c1-11-5-6-13(9-15(11)21(23)24)12(2)19-20-18(22)14-7-8-16(25-3)17(10-14)26-4/h5-10H,1-4H3,(H,20,22)/b19-12+. The van der Waals surface area contributed by atoms with Gasteiger partial charge < -0.3 is 9.47 Å². The van der Waals surface area contributed by atoms with Crippen molar-refractivity contribution < 1.29 is 19.2 Å². The van der Waals surface area contributed by atoms with Gasteiger partial charge in [0.1, 0.15) is 0 Å². The Morgan fingerprint density at radius 1 is 1.08 bits per heavy atom. The molecular weight excluding hydrogens is 338 g/mol. The smallest absolute Gasteiger partial charge is 0.272 e. The van der Waals surface area contributed by atoms with Crippen LogP contribution in [0.25, 0.3) is 0 Å². The summed E-state index contributed by atoms with van der Waals surface area (Å²) in [6, 6.07) is 9.52. The molecule has 0 atom stereocenters. The number of methoxy groups -OCH3 is 2. The molecule has 136 valence electrons. The fraction of sp³-hybridized carbons (Fsp3) is 0.222. The van der Waals surface area contributed by atoms with Crippen molar-refractivity contribution in [3.63, 3.8) is 0 Å². The molecule has 0 spiro atoms. The monoisotopic (exact) mass is 357 g/mol. The molecule has 0 aliphatic carbocycles. The molecule has 8 heteroatoms. The number of carbonyl (C=O) groups is 1.